The van der Waals surface area contributed by atoms with Crippen molar-refractivity contribution in [2.45, 2.75) is 31.1 Å². The number of hydrogen-bond donors (Lipinski definition) is 1. The molecule has 19 heavy (non-hydrogen) atoms. The van der Waals surface area contributed by atoms with E-state index in [4.69, 9.17) is 5.73 Å². The van der Waals surface area contributed by atoms with Gasteiger partial charge in [-0.15, -0.1) is 10.2 Å². The lowest BCUT2D eigenvalue weighted by atomic mass is 10.2. The van der Waals surface area contributed by atoms with Gasteiger partial charge < -0.3 is 5.73 Å². The summed E-state index contributed by atoms with van der Waals surface area (Å²) < 4.78 is 26.0. The zero-order valence-corrected chi connectivity index (χ0v) is 11.3. The Morgan fingerprint density at radius 1 is 1.37 bits per heavy atom. The molecule has 0 radical (unpaired) electrons. The molecule has 0 bridgehead atoms. The quantitative estimate of drug-likeness (QED) is 0.879. The van der Waals surface area contributed by atoms with Gasteiger partial charge >= 0.3 is 0 Å². The van der Waals surface area contributed by atoms with Gasteiger partial charge in [-0.1, -0.05) is 6.42 Å². The third-order valence-electron chi connectivity index (χ3n) is 3.60. The number of aromatic nitrogens is 3. The van der Waals surface area contributed by atoms with Crippen LogP contribution in [0.4, 0.5) is 0 Å². The topological polar surface area (TPSA) is 90.3 Å². The van der Waals surface area contributed by atoms with E-state index in [1.165, 1.54) is 0 Å². The van der Waals surface area contributed by atoms with Crippen molar-refractivity contribution in [1.29, 1.82) is 0 Å². The Kier molecular flexibility index (Phi) is 3.02. The van der Waals surface area contributed by atoms with Crippen LogP contribution in [0.2, 0.25) is 0 Å². The molecule has 6 nitrogen and oxygen atoms in total. The molecule has 102 valence electrons. The van der Waals surface area contributed by atoms with Gasteiger partial charge in [0.1, 0.15) is 5.25 Å². The number of nitrogens with two attached hydrogens (primary N) is 1. The maximum Gasteiger partial charge on any atom is 0.161 e. The predicted octanol–water partition coefficient (Wildman–Crippen LogP) is 0.828. The van der Waals surface area contributed by atoms with Crippen molar-refractivity contribution >= 4 is 15.5 Å². The molecule has 0 spiro atoms. The molecule has 0 amide bonds. The second kappa shape index (κ2) is 4.57. The smallest absolute Gasteiger partial charge is 0.161 e. The molecule has 1 aliphatic heterocycles. The van der Waals surface area contributed by atoms with Crippen LogP contribution >= 0.6 is 0 Å². The molecule has 3 rings (SSSR count). The molecule has 2 aromatic rings. The van der Waals surface area contributed by atoms with E-state index in [0.717, 1.165) is 18.4 Å². The van der Waals surface area contributed by atoms with Crippen molar-refractivity contribution in [1.82, 2.24) is 14.6 Å². The molecule has 0 saturated carbocycles. The first-order valence-electron chi connectivity index (χ1n) is 6.37. The molecule has 0 aromatic carbocycles. The minimum atomic E-state index is -3.10. The number of hydrogen-bond acceptors (Lipinski definition) is 5. The van der Waals surface area contributed by atoms with Gasteiger partial charge in [0.15, 0.2) is 21.3 Å². The van der Waals surface area contributed by atoms with Crippen molar-refractivity contribution in [2.24, 2.45) is 5.73 Å². The Morgan fingerprint density at radius 2 is 2.21 bits per heavy atom. The zero-order valence-electron chi connectivity index (χ0n) is 10.5. The Labute approximate surface area is 111 Å². The van der Waals surface area contributed by atoms with Gasteiger partial charge in [0, 0.05) is 12.7 Å². The fourth-order valence-electron chi connectivity index (χ4n) is 2.54. The van der Waals surface area contributed by atoms with Crippen molar-refractivity contribution < 1.29 is 8.42 Å². The van der Waals surface area contributed by atoms with Gasteiger partial charge in [-0.05, 0) is 30.5 Å². The highest BCUT2D eigenvalue weighted by Crippen LogP contribution is 2.32. The van der Waals surface area contributed by atoms with E-state index in [1.807, 2.05) is 12.1 Å². The first kappa shape index (κ1) is 12.6. The Bertz CT molecular complexity index is 708. The van der Waals surface area contributed by atoms with Crippen molar-refractivity contribution in [3.8, 4) is 0 Å². The fraction of sp³-hybridized carbons (Fsp3) is 0.500. The number of pyridine rings is 1. The Balaban J connectivity index is 2.10. The first-order valence-corrected chi connectivity index (χ1v) is 8.08. The fourth-order valence-corrected chi connectivity index (χ4v) is 4.44. The predicted molar refractivity (Wildman–Crippen MR) is 71.3 cm³/mol. The van der Waals surface area contributed by atoms with Crippen LogP contribution in [0.15, 0.2) is 18.3 Å². The molecule has 7 heteroatoms. The Hall–Kier alpha value is -1.47. The number of fused-ring (bicyclic) bond motifs is 1. The van der Waals surface area contributed by atoms with E-state index >= 15 is 0 Å². The SMILES string of the molecule is NCc1ccn2c(C3CCCCS3(=O)=O)nnc2c1. The number of sulfone groups is 1. The van der Waals surface area contributed by atoms with E-state index in [9.17, 15) is 8.42 Å². The standard InChI is InChI=1S/C12H16N4O2S/c13-8-9-4-5-16-11(7-9)14-15-12(16)10-3-1-2-6-19(10,17)18/h4-5,7,10H,1-3,6,8,13H2. The van der Waals surface area contributed by atoms with Crippen LogP contribution in [0.3, 0.4) is 0 Å². The lowest BCUT2D eigenvalue weighted by Gasteiger charge is -2.20. The summed E-state index contributed by atoms with van der Waals surface area (Å²) in [5, 5.41) is 7.62. The number of nitrogens with zero attached hydrogens (tertiary/aromatic N) is 3. The molecular weight excluding hydrogens is 264 g/mol. The molecule has 0 aliphatic carbocycles. The second-order valence-electron chi connectivity index (χ2n) is 4.88. The summed E-state index contributed by atoms with van der Waals surface area (Å²) >= 11 is 0. The monoisotopic (exact) mass is 280 g/mol. The lowest BCUT2D eigenvalue weighted by molar-refractivity contribution is 0.537. The van der Waals surface area contributed by atoms with Gasteiger partial charge in [0.05, 0.1) is 5.75 Å². The Morgan fingerprint density at radius 3 is 2.95 bits per heavy atom. The minimum absolute atomic E-state index is 0.244. The molecule has 1 unspecified atom stereocenters. The van der Waals surface area contributed by atoms with Gasteiger partial charge in [0.2, 0.25) is 0 Å². The minimum Gasteiger partial charge on any atom is -0.326 e. The zero-order chi connectivity index (χ0) is 13.5. The highest BCUT2D eigenvalue weighted by molar-refractivity contribution is 7.91. The second-order valence-corrected chi connectivity index (χ2v) is 7.18. The largest absolute Gasteiger partial charge is 0.326 e. The lowest BCUT2D eigenvalue weighted by Crippen LogP contribution is -2.23. The maximum absolute atomic E-state index is 12.1. The third kappa shape index (κ3) is 2.12. The summed E-state index contributed by atoms with van der Waals surface area (Å²) in [5.74, 6) is 0.770. The van der Waals surface area contributed by atoms with Gasteiger partial charge in [-0.25, -0.2) is 8.42 Å². The molecule has 1 atom stereocenters. The van der Waals surface area contributed by atoms with E-state index in [1.54, 1.807) is 10.6 Å². The molecule has 2 aromatic heterocycles. The summed E-state index contributed by atoms with van der Waals surface area (Å²) in [6.45, 7) is 0.431. The molecule has 1 saturated heterocycles. The van der Waals surface area contributed by atoms with Gasteiger partial charge in [-0.3, -0.25) is 4.40 Å². The molecule has 3 heterocycles. The van der Waals surface area contributed by atoms with Crippen molar-refractivity contribution in [3.05, 3.63) is 29.7 Å². The van der Waals surface area contributed by atoms with Crippen LogP contribution < -0.4 is 5.73 Å². The maximum atomic E-state index is 12.1. The van der Waals surface area contributed by atoms with Crippen LogP contribution in [0.5, 0.6) is 0 Å². The summed E-state index contributed by atoms with van der Waals surface area (Å²) in [6.07, 6.45) is 4.09. The molecule has 2 N–H and O–H groups in total. The first-order chi connectivity index (χ1) is 9.12. The highest BCUT2D eigenvalue weighted by Gasteiger charge is 2.33. The summed E-state index contributed by atoms with van der Waals surface area (Å²) in [7, 11) is -3.10. The van der Waals surface area contributed by atoms with E-state index in [0.29, 0.717) is 24.4 Å². The van der Waals surface area contributed by atoms with Crippen LogP contribution in [0.1, 0.15) is 35.9 Å². The summed E-state index contributed by atoms with van der Waals surface area (Å²) in [5.41, 5.74) is 7.19. The summed E-state index contributed by atoms with van der Waals surface area (Å²) in [4.78, 5) is 0. The molecular formula is C12H16N4O2S. The average Bonchev–Trinajstić information content (AvgIpc) is 2.81. The van der Waals surface area contributed by atoms with Crippen LogP contribution in [-0.2, 0) is 16.4 Å². The van der Waals surface area contributed by atoms with Crippen molar-refractivity contribution in [2.75, 3.05) is 5.75 Å². The van der Waals surface area contributed by atoms with Crippen LogP contribution in [0, 0.1) is 0 Å². The normalized spacial score (nSPS) is 22.7. The highest BCUT2D eigenvalue weighted by atomic mass is 32.2. The van der Waals surface area contributed by atoms with Crippen LogP contribution in [-0.4, -0.2) is 28.8 Å². The van der Waals surface area contributed by atoms with Gasteiger partial charge in [0.25, 0.3) is 0 Å². The summed E-state index contributed by atoms with van der Waals surface area (Å²) in [6, 6.07) is 3.71. The van der Waals surface area contributed by atoms with Crippen LogP contribution in [0.25, 0.3) is 5.65 Å². The van der Waals surface area contributed by atoms with Gasteiger partial charge in [-0.2, -0.15) is 0 Å². The van der Waals surface area contributed by atoms with Crippen molar-refractivity contribution in [3.63, 3.8) is 0 Å². The molecule has 1 fully saturated rings. The van der Waals surface area contributed by atoms with E-state index < -0.39 is 15.1 Å². The van der Waals surface area contributed by atoms with E-state index in [-0.39, 0.29) is 5.75 Å². The van der Waals surface area contributed by atoms with E-state index in [2.05, 4.69) is 10.2 Å². The third-order valence-corrected chi connectivity index (χ3v) is 5.77. The molecule has 1 aliphatic rings. The average molecular weight is 280 g/mol. The number of rotatable bonds is 2.